The van der Waals surface area contributed by atoms with Crippen molar-refractivity contribution < 1.29 is 44.0 Å². The second-order valence-corrected chi connectivity index (χ2v) is 8.77. The van der Waals surface area contributed by atoms with Crippen molar-refractivity contribution in [1.29, 1.82) is 0 Å². The van der Waals surface area contributed by atoms with Crippen LogP contribution in [0, 0.1) is 0 Å². The van der Waals surface area contributed by atoms with Gasteiger partial charge in [-0.3, -0.25) is 14.4 Å². The SMILES string of the molecule is CC(=O)CCCCC(=O)N1C(C(=O)NCCO[C@@H]2O[C@@H](C)[C@@H](O)[C@@H](O)[C@@H]2O)CC[C@H]1C(C)=O. The van der Waals surface area contributed by atoms with Crippen LogP contribution in [0.2, 0.25) is 0 Å². The Balaban J connectivity index is 1.85. The van der Waals surface area contributed by atoms with Crippen molar-refractivity contribution in [3.8, 4) is 0 Å². The highest BCUT2D eigenvalue weighted by Gasteiger charge is 2.43. The van der Waals surface area contributed by atoms with Gasteiger partial charge in [0.05, 0.1) is 18.8 Å². The third-order valence-electron chi connectivity index (χ3n) is 6.11. The molecule has 2 saturated heterocycles. The van der Waals surface area contributed by atoms with Crippen molar-refractivity contribution in [1.82, 2.24) is 10.2 Å². The van der Waals surface area contributed by atoms with Gasteiger partial charge in [0.2, 0.25) is 11.8 Å². The van der Waals surface area contributed by atoms with Gasteiger partial charge >= 0.3 is 0 Å². The molecule has 0 aromatic rings. The highest BCUT2D eigenvalue weighted by Crippen LogP contribution is 2.27. The average molecular weight is 473 g/mol. The lowest BCUT2D eigenvalue weighted by molar-refractivity contribution is -0.292. The van der Waals surface area contributed by atoms with E-state index in [-0.39, 0.29) is 37.0 Å². The van der Waals surface area contributed by atoms with Crippen LogP contribution >= 0.6 is 0 Å². The van der Waals surface area contributed by atoms with Crippen LogP contribution in [0.25, 0.3) is 0 Å². The quantitative estimate of drug-likeness (QED) is 0.278. The van der Waals surface area contributed by atoms with Crippen LogP contribution in [0.15, 0.2) is 0 Å². The molecule has 2 aliphatic heterocycles. The van der Waals surface area contributed by atoms with E-state index in [4.69, 9.17) is 9.47 Å². The Hall–Kier alpha value is -1.92. The van der Waals surface area contributed by atoms with Crippen LogP contribution in [0.3, 0.4) is 0 Å². The minimum absolute atomic E-state index is 0.0369. The summed E-state index contributed by atoms with van der Waals surface area (Å²) in [5.74, 6) is -0.818. The second kappa shape index (κ2) is 12.5. The Morgan fingerprint density at radius 3 is 2.24 bits per heavy atom. The molecule has 1 unspecified atom stereocenters. The lowest BCUT2D eigenvalue weighted by Crippen LogP contribution is -2.57. The number of rotatable bonds is 11. The lowest BCUT2D eigenvalue weighted by Gasteiger charge is -2.38. The maximum atomic E-state index is 12.8. The van der Waals surface area contributed by atoms with Gasteiger partial charge in [-0.15, -0.1) is 0 Å². The zero-order valence-corrected chi connectivity index (χ0v) is 19.4. The van der Waals surface area contributed by atoms with Crippen LogP contribution in [0.4, 0.5) is 0 Å². The summed E-state index contributed by atoms with van der Waals surface area (Å²) in [5, 5.41) is 32.2. The average Bonchev–Trinajstić information content (AvgIpc) is 3.21. The Kier molecular flexibility index (Phi) is 10.4. The van der Waals surface area contributed by atoms with E-state index in [1.807, 2.05) is 0 Å². The van der Waals surface area contributed by atoms with Gasteiger partial charge < -0.3 is 39.8 Å². The van der Waals surface area contributed by atoms with Crippen LogP contribution in [0.5, 0.6) is 0 Å². The number of carbonyl (C=O) groups excluding carboxylic acids is 4. The first-order chi connectivity index (χ1) is 15.5. The fourth-order valence-corrected chi connectivity index (χ4v) is 4.21. The standard InChI is InChI=1S/C22H36N2O9/c1-12(25)6-4-5-7-17(27)24-15(13(2)26)8-9-16(24)21(31)23-10-11-32-22-20(30)19(29)18(28)14(3)33-22/h14-16,18-20,22,28-30H,4-11H2,1-3H3,(H,23,31)/t14-,15-,16?,18+,19+,20-,22+/m0/s1. The number of carbonyl (C=O) groups is 4. The molecule has 7 atom stereocenters. The number of hydrogen-bond acceptors (Lipinski definition) is 9. The third-order valence-corrected chi connectivity index (χ3v) is 6.11. The summed E-state index contributed by atoms with van der Waals surface area (Å²) in [5.41, 5.74) is 0. The molecule has 0 radical (unpaired) electrons. The van der Waals surface area contributed by atoms with Crippen LogP contribution in [0.1, 0.15) is 59.3 Å². The maximum absolute atomic E-state index is 12.8. The monoisotopic (exact) mass is 472 g/mol. The topological polar surface area (TPSA) is 163 Å². The molecule has 0 aliphatic carbocycles. The molecule has 2 fully saturated rings. The molecule has 0 aromatic heterocycles. The van der Waals surface area contributed by atoms with E-state index in [1.165, 1.54) is 25.7 Å². The number of Topliss-reactive ketones (excluding diaryl/α,β-unsaturated/α-hetero) is 2. The van der Waals surface area contributed by atoms with Crippen LogP contribution in [-0.2, 0) is 28.7 Å². The number of unbranched alkanes of at least 4 members (excludes halogenated alkanes) is 1. The van der Waals surface area contributed by atoms with E-state index in [9.17, 15) is 34.5 Å². The van der Waals surface area contributed by atoms with Crippen LogP contribution < -0.4 is 5.32 Å². The van der Waals surface area contributed by atoms with Gasteiger partial charge in [0.15, 0.2) is 12.1 Å². The summed E-state index contributed by atoms with van der Waals surface area (Å²) in [7, 11) is 0. The first-order valence-corrected chi connectivity index (χ1v) is 11.4. The molecule has 2 amide bonds. The summed E-state index contributed by atoms with van der Waals surface area (Å²) < 4.78 is 10.7. The van der Waals surface area contributed by atoms with Crippen molar-refractivity contribution in [2.24, 2.45) is 0 Å². The van der Waals surface area contributed by atoms with E-state index < -0.39 is 48.7 Å². The highest BCUT2D eigenvalue weighted by atomic mass is 16.7. The Bertz CT molecular complexity index is 716. The molecule has 11 nitrogen and oxygen atoms in total. The first-order valence-electron chi connectivity index (χ1n) is 11.4. The molecule has 11 heteroatoms. The van der Waals surface area contributed by atoms with E-state index in [2.05, 4.69) is 5.32 Å². The number of nitrogens with zero attached hydrogens (tertiary/aromatic N) is 1. The number of ether oxygens (including phenoxy) is 2. The number of hydrogen-bond donors (Lipinski definition) is 4. The van der Waals surface area contributed by atoms with Crippen molar-refractivity contribution in [2.75, 3.05) is 13.2 Å². The van der Waals surface area contributed by atoms with Gasteiger partial charge in [0.1, 0.15) is 30.1 Å². The minimum atomic E-state index is -1.44. The maximum Gasteiger partial charge on any atom is 0.242 e. The summed E-state index contributed by atoms with van der Waals surface area (Å²) in [4.78, 5) is 50.0. The third kappa shape index (κ3) is 7.28. The first kappa shape index (κ1) is 27.3. The van der Waals surface area contributed by atoms with Crippen molar-refractivity contribution >= 4 is 23.4 Å². The smallest absolute Gasteiger partial charge is 0.242 e. The molecule has 2 rings (SSSR count). The highest BCUT2D eigenvalue weighted by molar-refractivity contribution is 5.93. The Morgan fingerprint density at radius 1 is 0.970 bits per heavy atom. The molecule has 188 valence electrons. The number of aliphatic hydroxyl groups is 3. The van der Waals surface area contributed by atoms with Gasteiger partial charge in [-0.05, 0) is 46.5 Å². The molecule has 2 aliphatic rings. The van der Waals surface area contributed by atoms with Gasteiger partial charge in [0.25, 0.3) is 0 Å². The summed E-state index contributed by atoms with van der Waals surface area (Å²) >= 11 is 0. The largest absolute Gasteiger partial charge is 0.388 e. The number of ketones is 2. The number of aliphatic hydroxyl groups excluding tert-OH is 3. The predicted octanol–water partition coefficient (Wildman–Crippen LogP) is -0.955. The fraction of sp³-hybridized carbons (Fsp3) is 0.818. The van der Waals surface area contributed by atoms with Gasteiger partial charge in [0, 0.05) is 19.4 Å². The molecular weight excluding hydrogens is 436 g/mol. The molecule has 2 heterocycles. The van der Waals surface area contributed by atoms with E-state index in [0.717, 1.165) is 0 Å². The Morgan fingerprint density at radius 2 is 1.61 bits per heavy atom. The molecule has 0 spiro atoms. The van der Waals surface area contributed by atoms with Crippen molar-refractivity contribution in [3.05, 3.63) is 0 Å². The summed E-state index contributed by atoms with van der Waals surface area (Å²) in [6.07, 6.45) is -3.57. The van der Waals surface area contributed by atoms with Gasteiger partial charge in [-0.2, -0.15) is 0 Å². The van der Waals surface area contributed by atoms with Gasteiger partial charge in [-0.1, -0.05) is 0 Å². The van der Waals surface area contributed by atoms with Crippen molar-refractivity contribution in [3.63, 3.8) is 0 Å². The molecular formula is C22H36N2O9. The zero-order valence-electron chi connectivity index (χ0n) is 19.4. The molecule has 0 saturated carbocycles. The number of likely N-dealkylation sites (tertiary alicyclic amines) is 1. The predicted molar refractivity (Wildman–Crippen MR) is 115 cm³/mol. The Labute approximate surface area is 193 Å². The van der Waals surface area contributed by atoms with E-state index in [1.54, 1.807) is 0 Å². The van der Waals surface area contributed by atoms with E-state index in [0.29, 0.717) is 32.1 Å². The number of nitrogens with one attached hydrogen (secondary N) is 1. The normalized spacial score (nSPS) is 31.9. The zero-order chi connectivity index (χ0) is 24.7. The second-order valence-electron chi connectivity index (χ2n) is 8.77. The fourth-order valence-electron chi connectivity index (χ4n) is 4.21. The van der Waals surface area contributed by atoms with Crippen molar-refractivity contribution in [2.45, 2.75) is 102 Å². The summed E-state index contributed by atoms with van der Waals surface area (Å²) in [6.45, 7) is 4.45. The van der Waals surface area contributed by atoms with E-state index >= 15 is 0 Å². The van der Waals surface area contributed by atoms with Crippen LogP contribution in [-0.4, -0.2) is 99.5 Å². The number of amides is 2. The lowest BCUT2D eigenvalue weighted by atomic mass is 10.0. The molecule has 0 bridgehead atoms. The molecule has 33 heavy (non-hydrogen) atoms. The summed E-state index contributed by atoms with van der Waals surface area (Å²) in [6, 6.07) is -1.41. The minimum Gasteiger partial charge on any atom is -0.388 e. The molecule has 0 aromatic carbocycles. The molecule has 4 N–H and O–H groups in total. The van der Waals surface area contributed by atoms with Gasteiger partial charge in [-0.25, -0.2) is 0 Å².